The Balaban J connectivity index is 1.36. The number of piperazine rings is 1. The molecule has 3 aromatic carbocycles. The van der Waals surface area contributed by atoms with Crippen LogP contribution in [0.2, 0.25) is 5.02 Å². The number of carbonyl (C=O) groups is 1. The van der Waals surface area contributed by atoms with Crippen LogP contribution in [0.4, 0.5) is 11.4 Å². The second-order valence-corrected chi connectivity index (χ2v) is 10.5. The number of benzene rings is 3. The summed E-state index contributed by atoms with van der Waals surface area (Å²) in [7, 11) is 0. The Labute approximate surface area is 213 Å². The van der Waals surface area contributed by atoms with Gasteiger partial charge in [-0.05, 0) is 85.7 Å². The SMILES string of the molecule is CC1CCC(c2cccc(NC(=O)c3ccc(Cl)cc3)c2)(N2CCN(c3ccccc3)CC2)CC1. The van der Waals surface area contributed by atoms with Gasteiger partial charge in [-0.1, -0.05) is 48.9 Å². The van der Waals surface area contributed by atoms with Gasteiger partial charge in [-0.25, -0.2) is 0 Å². The molecule has 1 aliphatic heterocycles. The molecule has 3 aromatic rings. The summed E-state index contributed by atoms with van der Waals surface area (Å²) in [5, 5.41) is 3.73. The van der Waals surface area contributed by atoms with Crippen LogP contribution < -0.4 is 10.2 Å². The Morgan fingerprint density at radius 2 is 1.57 bits per heavy atom. The summed E-state index contributed by atoms with van der Waals surface area (Å²) in [5.74, 6) is 0.656. The maximum Gasteiger partial charge on any atom is 0.255 e. The minimum atomic E-state index is -0.110. The predicted octanol–water partition coefficient (Wildman–Crippen LogP) is 6.82. The molecule has 1 saturated heterocycles. The number of hydrogen-bond acceptors (Lipinski definition) is 3. The van der Waals surface area contributed by atoms with Gasteiger partial charge < -0.3 is 10.2 Å². The molecular weight excluding hydrogens is 454 g/mol. The highest BCUT2D eigenvalue weighted by Crippen LogP contribution is 2.45. The second kappa shape index (κ2) is 10.4. The van der Waals surface area contributed by atoms with Gasteiger partial charge in [0.05, 0.1) is 0 Å². The van der Waals surface area contributed by atoms with Crippen molar-refractivity contribution in [3.8, 4) is 0 Å². The Kier molecular flexibility index (Phi) is 7.12. The highest BCUT2D eigenvalue weighted by Gasteiger charge is 2.42. The van der Waals surface area contributed by atoms with Gasteiger partial charge in [-0.3, -0.25) is 9.69 Å². The summed E-state index contributed by atoms with van der Waals surface area (Å²) in [6, 6.07) is 26.3. The first-order chi connectivity index (χ1) is 17.0. The third-order valence-electron chi connectivity index (χ3n) is 7.87. The maximum absolute atomic E-state index is 12.8. The van der Waals surface area contributed by atoms with Crippen LogP contribution in [0.3, 0.4) is 0 Å². The topological polar surface area (TPSA) is 35.6 Å². The lowest BCUT2D eigenvalue weighted by Crippen LogP contribution is -2.56. The molecule has 0 atom stereocenters. The zero-order chi connectivity index (χ0) is 24.3. The fourth-order valence-electron chi connectivity index (χ4n) is 5.75. The lowest BCUT2D eigenvalue weighted by molar-refractivity contribution is 0.0299. The molecule has 0 radical (unpaired) electrons. The van der Waals surface area contributed by atoms with Crippen molar-refractivity contribution < 1.29 is 4.79 Å². The summed E-state index contributed by atoms with van der Waals surface area (Å²) in [6.45, 7) is 6.54. The van der Waals surface area contributed by atoms with Crippen molar-refractivity contribution in [1.29, 1.82) is 0 Å². The van der Waals surface area contributed by atoms with Crippen molar-refractivity contribution >= 4 is 28.9 Å². The molecule has 0 aromatic heterocycles. The second-order valence-electron chi connectivity index (χ2n) is 10.1. The smallest absolute Gasteiger partial charge is 0.255 e. The third kappa shape index (κ3) is 5.24. The maximum atomic E-state index is 12.8. The van der Waals surface area contributed by atoms with Crippen molar-refractivity contribution in [2.45, 2.75) is 38.1 Å². The monoisotopic (exact) mass is 487 g/mol. The Morgan fingerprint density at radius 1 is 0.886 bits per heavy atom. The molecule has 1 N–H and O–H groups in total. The predicted molar refractivity (Wildman–Crippen MR) is 145 cm³/mol. The van der Waals surface area contributed by atoms with Crippen LogP contribution in [0.1, 0.15) is 48.5 Å². The van der Waals surface area contributed by atoms with E-state index in [0.29, 0.717) is 10.6 Å². The van der Waals surface area contributed by atoms with Crippen LogP contribution in [0.5, 0.6) is 0 Å². The lowest BCUT2D eigenvalue weighted by Gasteiger charge is -2.51. The van der Waals surface area contributed by atoms with Crippen molar-refractivity contribution in [2.75, 3.05) is 36.4 Å². The quantitative estimate of drug-likeness (QED) is 0.429. The van der Waals surface area contributed by atoms with Crippen molar-refractivity contribution in [2.24, 2.45) is 5.92 Å². The number of rotatable bonds is 5. The largest absolute Gasteiger partial charge is 0.369 e. The van der Waals surface area contributed by atoms with E-state index in [1.165, 1.54) is 24.1 Å². The molecule has 0 spiro atoms. The standard InChI is InChI=1S/C30H34ClN3O/c1-23-14-16-30(17-15-23,34-20-18-33(19-21-34)28-8-3-2-4-9-28)25-6-5-7-27(22-25)32-29(35)24-10-12-26(31)13-11-24/h2-13,22-23H,14-21H2,1H3,(H,32,35). The van der Waals surface area contributed by atoms with Gasteiger partial charge in [0.1, 0.15) is 0 Å². The van der Waals surface area contributed by atoms with E-state index in [4.69, 9.17) is 11.6 Å². The minimum absolute atomic E-state index is 0.0241. The first-order valence-corrected chi connectivity index (χ1v) is 13.1. The van der Waals surface area contributed by atoms with Crippen LogP contribution in [0.25, 0.3) is 0 Å². The van der Waals surface area contributed by atoms with E-state index in [1.54, 1.807) is 24.3 Å². The van der Waals surface area contributed by atoms with Gasteiger partial charge in [-0.15, -0.1) is 0 Å². The van der Waals surface area contributed by atoms with E-state index < -0.39 is 0 Å². The normalized spacial score (nSPS) is 23.1. The molecule has 5 rings (SSSR count). The summed E-state index contributed by atoms with van der Waals surface area (Å²) in [5.41, 5.74) is 4.12. The van der Waals surface area contributed by atoms with Gasteiger partial charge in [0.15, 0.2) is 0 Å². The summed E-state index contributed by atoms with van der Waals surface area (Å²) in [4.78, 5) is 18.1. The summed E-state index contributed by atoms with van der Waals surface area (Å²) >= 11 is 5.99. The molecule has 182 valence electrons. The summed E-state index contributed by atoms with van der Waals surface area (Å²) in [6.07, 6.45) is 4.79. The highest BCUT2D eigenvalue weighted by molar-refractivity contribution is 6.30. The Bertz CT molecular complexity index is 1130. The van der Waals surface area contributed by atoms with Crippen molar-refractivity contribution in [3.05, 3.63) is 95.0 Å². The van der Waals surface area contributed by atoms with E-state index in [9.17, 15) is 4.79 Å². The van der Waals surface area contributed by atoms with Crippen LogP contribution in [0, 0.1) is 5.92 Å². The van der Waals surface area contributed by atoms with Crippen molar-refractivity contribution in [1.82, 2.24) is 4.90 Å². The number of halogens is 1. The number of para-hydroxylation sites is 1. The van der Waals surface area contributed by atoms with E-state index in [0.717, 1.165) is 50.6 Å². The minimum Gasteiger partial charge on any atom is -0.369 e. The first kappa shape index (κ1) is 23.9. The Morgan fingerprint density at radius 3 is 2.26 bits per heavy atom. The van der Waals surface area contributed by atoms with Crippen molar-refractivity contribution in [3.63, 3.8) is 0 Å². The van der Waals surface area contributed by atoms with Gasteiger partial charge in [0.2, 0.25) is 0 Å². The molecule has 5 heteroatoms. The lowest BCUT2D eigenvalue weighted by atomic mass is 9.71. The van der Waals surface area contributed by atoms with E-state index >= 15 is 0 Å². The number of carbonyl (C=O) groups excluding carboxylic acids is 1. The molecule has 1 aliphatic carbocycles. The molecule has 1 heterocycles. The third-order valence-corrected chi connectivity index (χ3v) is 8.12. The average molecular weight is 488 g/mol. The number of hydrogen-bond donors (Lipinski definition) is 1. The molecule has 35 heavy (non-hydrogen) atoms. The van der Waals surface area contributed by atoms with Crippen LogP contribution >= 0.6 is 11.6 Å². The zero-order valence-corrected chi connectivity index (χ0v) is 21.2. The molecule has 2 aliphatic rings. The first-order valence-electron chi connectivity index (χ1n) is 12.8. The number of nitrogens with one attached hydrogen (secondary N) is 1. The molecule has 1 saturated carbocycles. The zero-order valence-electron chi connectivity index (χ0n) is 20.4. The summed E-state index contributed by atoms with van der Waals surface area (Å²) < 4.78 is 0. The fraction of sp³-hybridized carbons (Fsp3) is 0.367. The molecule has 1 amide bonds. The molecular formula is C30H34ClN3O. The van der Waals surface area contributed by atoms with Crippen LogP contribution in [-0.2, 0) is 5.54 Å². The molecule has 4 nitrogen and oxygen atoms in total. The van der Waals surface area contributed by atoms with E-state index in [1.807, 2.05) is 6.07 Å². The van der Waals surface area contributed by atoms with E-state index in [2.05, 4.69) is 70.6 Å². The molecule has 0 unspecified atom stereocenters. The van der Waals surface area contributed by atoms with Gasteiger partial charge in [-0.2, -0.15) is 0 Å². The number of nitrogens with zero attached hydrogens (tertiary/aromatic N) is 2. The molecule has 0 bridgehead atoms. The van der Waals surface area contributed by atoms with E-state index in [-0.39, 0.29) is 11.4 Å². The van der Waals surface area contributed by atoms with Crippen LogP contribution in [0.15, 0.2) is 78.9 Å². The fourth-order valence-corrected chi connectivity index (χ4v) is 5.88. The average Bonchev–Trinajstić information content (AvgIpc) is 2.90. The molecule has 2 fully saturated rings. The van der Waals surface area contributed by atoms with Gasteiger partial charge in [0, 0.05) is 53.7 Å². The highest BCUT2D eigenvalue weighted by atomic mass is 35.5. The number of amides is 1. The van der Waals surface area contributed by atoms with Gasteiger partial charge in [0.25, 0.3) is 5.91 Å². The number of anilines is 2. The van der Waals surface area contributed by atoms with Gasteiger partial charge >= 0.3 is 0 Å². The Hall–Kier alpha value is -2.82. The van der Waals surface area contributed by atoms with Crippen LogP contribution in [-0.4, -0.2) is 37.0 Å².